The summed E-state index contributed by atoms with van der Waals surface area (Å²) in [7, 11) is 0. The van der Waals surface area contributed by atoms with Gasteiger partial charge in [0.2, 0.25) is 0 Å². The monoisotopic (exact) mass is 367 g/mol. The molecule has 3 nitrogen and oxygen atoms in total. The van der Waals surface area contributed by atoms with Crippen molar-refractivity contribution in [1.29, 1.82) is 0 Å². The van der Waals surface area contributed by atoms with Crippen LogP contribution in [0.3, 0.4) is 0 Å². The van der Waals surface area contributed by atoms with Crippen LogP contribution < -0.4 is 10.7 Å². The summed E-state index contributed by atoms with van der Waals surface area (Å²) in [5.74, 6) is 3.23. The summed E-state index contributed by atoms with van der Waals surface area (Å²) in [5.41, 5.74) is 5.18. The number of hydrazone groups is 1. The van der Waals surface area contributed by atoms with Crippen molar-refractivity contribution in [3.63, 3.8) is 0 Å². The molecule has 0 aliphatic heterocycles. The maximum absolute atomic E-state index is 6.02. The van der Waals surface area contributed by atoms with Crippen molar-refractivity contribution < 1.29 is 0 Å². The minimum absolute atomic E-state index is 0.490. The summed E-state index contributed by atoms with van der Waals surface area (Å²) in [6.45, 7) is 0. The van der Waals surface area contributed by atoms with Crippen molar-refractivity contribution in [2.45, 2.75) is 32.1 Å². The Hall–Kier alpha value is -0.840. The van der Waals surface area contributed by atoms with E-state index in [0.717, 1.165) is 17.5 Å². The van der Waals surface area contributed by atoms with Gasteiger partial charge in [-0.3, -0.25) is 5.43 Å². The second kappa shape index (κ2) is 6.23. The van der Waals surface area contributed by atoms with Gasteiger partial charge in [0, 0.05) is 11.4 Å². The topological polar surface area (TPSA) is 36.4 Å². The lowest BCUT2D eigenvalue weighted by atomic mass is 9.55. The predicted molar refractivity (Wildman–Crippen MR) is 100 cm³/mol. The van der Waals surface area contributed by atoms with Gasteiger partial charge in [0.15, 0.2) is 5.11 Å². The Morgan fingerprint density at radius 2 is 1.65 bits per heavy atom. The summed E-state index contributed by atoms with van der Waals surface area (Å²) < 4.78 is 0. The van der Waals surface area contributed by atoms with Crippen LogP contribution in [0.15, 0.2) is 23.3 Å². The number of benzene rings is 1. The van der Waals surface area contributed by atoms with Gasteiger partial charge in [-0.25, -0.2) is 0 Å². The van der Waals surface area contributed by atoms with E-state index in [0.29, 0.717) is 27.0 Å². The quantitative estimate of drug-likeness (QED) is 0.564. The molecule has 4 aliphatic carbocycles. The molecule has 0 amide bonds. The van der Waals surface area contributed by atoms with Gasteiger partial charge < -0.3 is 5.32 Å². The van der Waals surface area contributed by atoms with Crippen LogP contribution in [0.1, 0.15) is 32.1 Å². The highest BCUT2D eigenvalue weighted by Gasteiger charge is 2.46. The molecule has 4 aliphatic rings. The van der Waals surface area contributed by atoms with E-state index in [9.17, 15) is 0 Å². The fourth-order valence-electron chi connectivity index (χ4n) is 4.70. The van der Waals surface area contributed by atoms with Crippen molar-refractivity contribution in [2.75, 3.05) is 5.32 Å². The molecule has 1 aromatic rings. The average molecular weight is 368 g/mol. The summed E-state index contributed by atoms with van der Waals surface area (Å²) in [6.07, 6.45) is 6.73. The van der Waals surface area contributed by atoms with Crippen LogP contribution >= 0.6 is 35.4 Å². The third-order valence-electron chi connectivity index (χ3n) is 5.44. The molecular formula is C17H19Cl2N3S. The first-order valence-corrected chi connectivity index (χ1v) is 9.34. The van der Waals surface area contributed by atoms with Crippen molar-refractivity contribution >= 4 is 51.9 Å². The molecule has 0 aromatic heterocycles. The zero-order valence-electron chi connectivity index (χ0n) is 12.7. The van der Waals surface area contributed by atoms with Crippen LogP contribution in [-0.2, 0) is 0 Å². The molecule has 0 unspecified atom stereocenters. The molecule has 4 fully saturated rings. The van der Waals surface area contributed by atoms with E-state index >= 15 is 0 Å². The standard InChI is InChI=1S/C17H19Cl2N3S/c18-14-2-1-13(8-15(14)19)20-17(23)22-21-16-11-4-9-3-10(6-11)7-12(16)5-9/h1-2,8-12H,3-7H2,(H2,20,22,23). The fraction of sp³-hybridized carbons (Fsp3) is 0.529. The third-order valence-corrected chi connectivity index (χ3v) is 6.37. The van der Waals surface area contributed by atoms with Gasteiger partial charge in [-0.2, -0.15) is 5.10 Å². The average Bonchev–Trinajstić information content (AvgIpc) is 2.49. The number of thiocarbonyl (C=S) groups is 1. The first-order valence-electron chi connectivity index (χ1n) is 8.18. The lowest BCUT2D eigenvalue weighted by Gasteiger charge is -2.50. The zero-order valence-corrected chi connectivity index (χ0v) is 15.0. The molecule has 1 aromatic carbocycles. The minimum Gasteiger partial charge on any atom is -0.331 e. The highest BCUT2D eigenvalue weighted by atomic mass is 35.5. The largest absolute Gasteiger partial charge is 0.331 e. The third kappa shape index (κ3) is 3.21. The lowest BCUT2D eigenvalue weighted by molar-refractivity contribution is 0.108. The van der Waals surface area contributed by atoms with Crippen molar-refractivity contribution in [3.8, 4) is 0 Å². The first kappa shape index (κ1) is 15.7. The normalized spacial score (nSPS) is 31.1. The molecule has 2 N–H and O–H groups in total. The van der Waals surface area contributed by atoms with Crippen LogP contribution in [0.5, 0.6) is 0 Å². The summed E-state index contributed by atoms with van der Waals surface area (Å²) >= 11 is 17.3. The Balaban J connectivity index is 1.40. The van der Waals surface area contributed by atoms with Crippen LogP contribution in [-0.4, -0.2) is 10.8 Å². The van der Waals surface area contributed by atoms with Gasteiger partial charge >= 0.3 is 0 Å². The van der Waals surface area contributed by atoms with Crippen LogP contribution in [0, 0.1) is 23.7 Å². The van der Waals surface area contributed by atoms with Crippen LogP contribution in [0.2, 0.25) is 10.0 Å². The Labute approximate surface area is 151 Å². The molecule has 0 heterocycles. The molecule has 122 valence electrons. The molecule has 0 saturated heterocycles. The summed E-state index contributed by atoms with van der Waals surface area (Å²) in [5, 5.41) is 9.29. The number of anilines is 1. The Kier molecular flexibility index (Phi) is 4.24. The zero-order chi connectivity index (χ0) is 16.0. The Morgan fingerprint density at radius 3 is 2.26 bits per heavy atom. The maximum Gasteiger partial charge on any atom is 0.191 e. The van der Waals surface area contributed by atoms with Crippen molar-refractivity contribution in [3.05, 3.63) is 28.2 Å². The number of halogens is 2. The van der Waals surface area contributed by atoms with E-state index in [-0.39, 0.29) is 0 Å². The Morgan fingerprint density at radius 1 is 1.00 bits per heavy atom. The Bertz CT molecular complexity index is 644. The molecule has 4 saturated carbocycles. The number of nitrogens with one attached hydrogen (secondary N) is 2. The molecule has 0 spiro atoms. The minimum atomic E-state index is 0.490. The van der Waals surface area contributed by atoms with Gasteiger partial charge in [0.1, 0.15) is 0 Å². The molecule has 5 rings (SSSR count). The van der Waals surface area contributed by atoms with Gasteiger partial charge in [0.05, 0.1) is 10.0 Å². The van der Waals surface area contributed by atoms with E-state index in [1.54, 1.807) is 12.1 Å². The predicted octanol–water partition coefficient (Wildman–Crippen LogP) is 5.09. The highest BCUT2D eigenvalue weighted by molar-refractivity contribution is 7.80. The van der Waals surface area contributed by atoms with E-state index in [4.69, 9.17) is 35.4 Å². The fourth-order valence-corrected chi connectivity index (χ4v) is 5.16. The summed E-state index contributed by atoms with van der Waals surface area (Å²) in [6, 6.07) is 5.35. The maximum atomic E-state index is 6.02. The molecule has 4 bridgehead atoms. The van der Waals surface area contributed by atoms with Crippen molar-refractivity contribution in [1.82, 2.24) is 5.43 Å². The van der Waals surface area contributed by atoms with Gasteiger partial charge in [-0.1, -0.05) is 23.2 Å². The second-order valence-corrected chi connectivity index (χ2v) is 8.26. The second-order valence-electron chi connectivity index (χ2n) is 7.04. The molecular weight excluding hydrogens is 349 g/mol. The van der Waals surface area contributed by atoms with Gasteiger partial charge in [-0.05, 0) is 86.2 Å². The van der Waals surface area contributed by atoms with Gasteiger partial charge in [0.25, 0.3) is 0 Å². The highest BCUT2D eigenvalue weighted by Crippen LogP contribution is 2.52. The van der Waals surface area contributed by atoms with E-state index in [1.165, 1.54) is 37.8 Å². The number of hydrogen-bond acceptors (Lipinski definition) is 2. The van der Waals surface area contributed by atoms with E-state index in [2.05, 4.69) is 15.8 Å². The molecule has 0 atom stereocenters. The van der Waals surface area contributed by atoms with Crippen molar-refractivity contribution in [2.24, 2.45) is 28.8 Å². The summed E-state index contributed by atoms with van der Waals surface area (Å²) in [4.78, 5) is 0. The van der Waals surface area contributed by atoms with E-state index < -0.39 is 0 Å². The molecule has 23 heavy (non-hydrogen) atoms. The van der Waals surface area contributed by atoms with E-state index in [1.807, 2.05) is 6.07 Å². The SMILES string of the molecule is S=C(NN=C1C2CC3CC(C2)CC1C3)Nc1ccc(Cl)c(Cl)c1. The first-order chi connectivity index (χ1) is 11.1. The van der Waals surface area contributed by atoms with Gasteiger partial charge in [-0.15, -0.1) is 0 Å². The smallest absolute Gasteiger partial charge is 0.191 e. The molecule has 6 heteroatoms. The number of nitrogens with zero attached hydrogens (tertiary/aromatic N) is 1. The molecule has 0 radical (unpaired) electrons. The van der Waals surface area contributed by atoms with Crippen LogP contribution in [0.25, 0.3) is 0 Å². The lowest BCUT2D eigenvalue weighted by Crippen LogP contribution is -2.46. The van der Waals surface area contributed by atoms with Crippen LogP contribution in [0.4, 0.5) is 5.69 Å². The number of rotatable bonds is 2. The number of hydrogen-bond donors (Lipinski definition) is 2.